The number of aliphatic carboxylic acids is 1. The highest BCUT2D eigenvalue weighted by Gasteiger charge is 2.33. The fraction of sp³-hybridized carbons (Fsp3) is 0.429. The van der Waals surface area contributed by atoms with Crippen molar-refractivity contribution in [3.8, 4) is 11.1 Å². The first-order valence-corrected chi connectivity index (χ1v) is 15.5. The highest BCUT2D eigenvalue weighted by Crippen LogP contribution is 2.39. The molecule has 5 rings (SSSR count). The van der Waals surface area contributed by atoms with E-state index in [0.717, 1.165) is 72.6 Å². The number of unbranched alkanes of at least 4 members (excludes halogenated alkanes) is 1. The molecule has 44 heavy (non-hydrogen) atoms. The summed E-state index contributed by atoms with van der Waals surface area (Å²) in [7, 11) is 0. The predicted molar refractivity (Wildman–Crippen MR) is 166 cm³/mol. The van der Waals surface area contributed by atoms with Crippen LogP contribution >= 0.6 is 0 Å². The van der Waals surface area contributed by atoms with Crippen LogP contribution in [-0.2, 0) is 37.0 Å². The number of carbonyl (C=O) groups is 2. The molecule has 2 saturated heterocycles. The van der Waals surface area contributed by atoms with E-state index in [4.69, 9.17) is 19.3 Å². The number of carbonyl (C=O) groups excluding carboxylic acids is 1. The molecule has 0 saturated carbocycles. The number of aliphatic hydroxyl groups excluding tert-OH is 1. The topological polar surface area (TPSA) is 118 Å². The molecule has 9 nitrogen and oxygen atoms in total. The first-order chi connectivity index (χ1) is 21.5. The average molecular weight is 603 g/mol. The highest BCUT2D eigenvalue weighted by atomic mass is 16.7. The van der Waals surface area contributed by atoms with E-state index in [9.17, 15) is 14.7 Å². The third kappa shape index (κ3) is 8.97. The Morgan fingerprint density at radius 1 is 0.864 bits per heavy atom. The van der Waals surface area contributed by atoms with Gasteiger partial charge in [0.05, 0.1) is 32.0 Å². The second-order valence-electron chi connectivity index (χ2n) is 11.4. The lowest BCUT2D eigenvalue weighted by atomic mass is 9.97. The molecule has 3 unspecified atom stereocenters. The normalized spacial score (nSPS) is 20.7. The zero-order valence-corrected chi connectivity index (χ0v) is 25.0. The summed E-state index contributed by atoms with van der Waals surface area (Å²) in [5, 5.41) is 21.2. The van der Waals surface area contributed by atoms with Crippen LogP contribution in [0.25, 0.3) is 11.1 Å². The van der Waals surface area contributed by atoms with Crippen LogP contribution in [0.4, 0.5) is 0 Å². The summed E-state index contributed by atoms with van der Waals surface area (Å²) in [6.45, 7) is 4.46. The zero-order valence-electron chi connectivity index (χ0n) is 25.0. The minimum Gasteiger partial charge on any atom is -0.481 e. The van der Waals surface area contributed by atoms with Gasteiger partial charge in [0.1, 0.15) is 0 Å². The number of aliphatic hydroxyl groups is 1. The molecule has 3 aromatic carbocycles. The molecule has 0 spiro atoms. The number of morpholine rings is 1. The van der Waals surface area contributed by atoms with E-state index >= 15 is 0 Å². The van der Waals surface area contributed by atoms with Gasteiger partial charge in [0.15, 0.2) is 6.29 Å². The number of rotatable bonds is 13. The number of hydrogen-bond donors (Lipinski definition) is 3. The maximum Gasteiger partial charge on any atom is 0.303 e. The first kappa shape index (κ1) is 31.8. The number of hydrogen-bond acceptors (Lipinski definition) is 7. The van der Waals surface area contributed by atoms with Gasteiger partial charge >= 0.3 is 5.97 Å². The lowest BCUT2D eigenvalue weighted by Crippen LogP contribution is -2.44. The molecule has 1 amide bonds. The van der Waals surface area contributed by atoms with Gasteiger partial charge in [-0.25, -0.2) is 0 Å². The van der Waals surface area contributed by atoms with E-state index in [1.807, 2.05) is 60.7 Å². The Balaban J connectivity index is 1.26. The van der Waals surface area contributed by atoms with Crippen molar-refractivity contribution < 1.29 is 34.0 Å². The summed E-state index contributed by atoms with van der Waals surface area (Å²) in [5.74, 6) is -0.924. The van der Waals surface area contributed by atoms with Gasteiger partial charge < -0.3 is 29.7 Å². The summed E-state index contributed by atoms with van der Waals surface area (Å²) in [4.78, 5) is 25.4. The number of nitrogens with zero attached hydrogens (tertiary/aromatic N) is 1. The number of carboxylic acids is 1. The number of carboxylic acid groups (broad SMARTS) is 1. The second-order valence-corrected chi connectivity index (χ2v) is 11.4. The van der Waals surface area contributed by atoms with E-state index in [2.05, 4.69) is 22.3 Å². The van der Waals surface area contributed by atoms with Crippen LogP contribution in [0.1, 0.15) is 66.8 Å². The fourth-order valence-electron chi connectivity index (χ4n) is 5.72. The Labute approximate surface area is 258 Å². The minimum atomic E-state index is -0.840. The monoisotopic (exact) mass is 602 g/mol. The molecular formula is C35H42N2O7. The summed E-state index contributed by atoms with van der Waals surface area (Å²) in [6, 6.07) is 24.1. The fourth-order valence-corrected chi connectivity index (χ4v) is 5.72. The summed E-state index contributed by atoms with van der Waals surface area (Å²) >= 11 is 0. The van der Waals surface area contributed by atoms with Crippen molar-refractivity contribution in [2.24, 2.45) is 0 Å². The highest BCUT2D eigenvalue weighted by molar-refractivity contribution is 5.76. The molecule has 234 valence electrons. The molecular weight excluding hydrogens is 560 g/mol. The maximum atomic E-state index is 12.3. The van der Waals surface area contributed by atoms with Crippen molar-refractivity contribution in [3.63, 3.8) is 0 Å². The van der Waals surface area contributed by atoms with Gasteiger partial charge in [0, 0.05) is 51.0 Å². The van der Waals surface area contributed by atoms with E-state index in [-0.39, 0.29) is 31.1 Å². The van der Waals surface area contributed by atoms with Gasteiger partial charge in [-0.15, -0.1) is 0 Å². The van der Waals surface area contributed by atoms with Crippen LogP contribution in [0.2, 0.25) is 0 Å². The third-order valence-electron chi connectivity index (χ3n) is 8.21. The number of amides is 1. The quantitative estimate of drug-likeness (QED) is 0.235. The maximum absolute atomic E-state index is 12.3. The van der Waals surface area contributed by atoms with E-state index < -0.39 is 12.3 Å². The molecule has 0 radical (unpaired) electrons. The van der Waals surface area contributed by atoms with Crippen LogP contribution in [0.5, 0.6) is 0 Å². The summed E-state index contributed by atoms with van der Waals surface area (Å²) < 4.78 is 18.6. The van der Waals surface area contributed by atoms with Gasteiger partial charge in [-0.1, -0.05) is 72.8 Å². The van der Waals surface area contributed by atoms with Crippen LogP contribution in [-0.4, -0.2) is 65.9 Å². The largest absolute Gasteiger partial charge is 0.481 e. The van der Waals surface area contributed by atoms with Crippen LogP contribution in [0, 0.1) is 0 Å². The SMILES string of the molecule is O=C(O)CCCCC(=O)NCc1ccccc1-c1ccc(C2OC(CN3CCOCC3)CC(c3ccc(CO)cc3)O2)cc1. The Bertz CT molecular complexity index is 1360. The molecule has 0 aliphatic carbocycles. The summed E-state index contributed by atoms with van der Waals surface area (Å²) in [6.07, 6.45) is 1.49. The van der Waals surface area contributed by atoms with Crippen LogP contribution in [0.3, 0.4) is 0 Å². The van der Waals surface area contributed by atoms with Crippen molar-refractivity contribution >= 4 is 11.9 Å². The molecule has 9 heteroatoms. The van der Waals surface area contributed by atoms with Crippen molar-refractivity contribution in [3.05, 3.63) is 95.1 Å². The molecule has 0 bridgehead atoms. The van der Waals surface area contributed by atoms with Crippen LogP contribution < -0.4 is 5.32 Å². The standard InChI is InChI=1S/C35H42N2O7/c38-24-25-9-11-27(12-10-25)32-21-30(23-37-17-19-42-20-18-37)43-35(44-32)28-15-13-26(14-16-28)31-6-2-1-5-29(31)22-36-33(39)7-3-4-8-34(40)41/h1-2,5-6,9-16,30,32,35,38H,3-4,7-8,17-24H2,(H,36,39)(H,40,41). The molecule has 2 fully saturated rings. The third-order valence-corrected chi connectivity index (χ3v) is 8.21. The van der Waals surface area contributed by atoms with Gasteiger partial charge in [-0.2, -0.15) is 0 Å². The van der Waals surface area contributed by atoms with Gasteiger partial charge in [0.2, 0.25) is 5.91 Å². The predicted octanol–water partition coefficient (Wildman–Crippen LogP) is 4.98. The molecule has 2 aliphatic rings. The molecule has 2 heterocycles. The summed E-state index contributed by atoms with van der Waals surface area (Å²) in [5.41, 5.74) is 5.93. The minimum absolute atomic E-state index is 0.00758. The Morgan fingerprint density at radius 2 is 1.57 bits per heavy atom. The van der Waals surface area contributed by atoms with E-state index in [1.54, 1.807) is 0 Å². The van der Waals surface area contributed by atoms with Gasteiger partial charge in [-0.05, 0) is 40.7 Å². The molecule has 3 atom stereocenters. The van der Waals surface area contributed by atoms with Crippen molar-refractivity contribution in [2.75, 3.05) is 32.8 Å². The smallest absolute Gasteiger partial charge is 0.303 e. The van der Waals surface area contributed by atoms with Gasteiger partial charge in [-0.3, -0.25) is 14.5 Å². The Hall–Kier alpha value is -3.60. The second kappa shape index (κ2) is 15.9. The van der Waals surface area contributed by atoms with Crippen LogP contribution in [0.15, 0.2) is 72.8 Å². The van der Waals surface area contributed by atoms with Gasteiger partial charge in [0.25, 0.3) is 0 Å². The molecule has 3 aromatic rings. The number of ether oxygens (including phenoxy) is 3. The van der Waals surface area contributed by atoms with Crippen molar-refractivity contribution in [1.82, 2.24) is 10.2 Å². The zero-order chi connectivity index (χ0) is 30.7. The number of nitrogens with one attached hydrogen (secondary N) is 1. The lowest BCUT2D eigenvalue weighted by molar-refractivity contribution is -0.253. The Kier molecular flexibility index (Phi) is 11.5. The number of benzene rings is 3. The first-order valence-electron chi connectivity index (χ1n) is 15.5. The Morgan fingerprint density at radius 3 is 2.30 bits per heavy atom. The molecule has 3 N–H and O–H groups in total. The molecule has 0 aromatic heterocycles. The van der Waals surface area contributed by atoms with E-state index in [1.165, 1.54) is 0 Å². The van der Waals surface area contributed by atoms with Crippen molar-refractivity contribution in [2.45, 2.75) is 63.8 Å². The lowest BCUT2D eigenvalue weighted by Gasteiger charge is -2.39. The molecule has 2 aliphatic heterocycles. The average Bonchev–Trinajstić information content (AvgIpc) is 3.06. The van der Waals surface area contributed by atoms with E-state index in [0.29, 0.717) is 25.8 Å². The van der Waals surface area contributed by atoms with Crippen molar-refractivity contribution in [1.29, 1.82) is 0 Å².